The highest BCUT2D eigenvalue weighted by Crippen LogP contribution is 2.47. The molecule has 1 saturated carbocycles. The Balaban J connectivity index is 1.95. The number of Topliss-reactive ketones (excluding diaryl/α,β-unsaturated/α-hetero) is 1. The number of carbonyl (C=O) groups excluding carboxylic acids is 1. The van der Waals surface area contributed by atoms with Crippen LogP contribution in [-0.2, 0) is 4.79 Å². The molecule has 0 radical (unpaired) electrons. The molecule has 0 saturated heterocycles. The average molecular weight is 263 g/mol. The predicted octanol–water partition coefficient (Wildman–Crippen LogP) is 2.88. The molecule has 0 aliphatic heterocycles. The molecule has 2 heterocycles. The maximum atomic E-state index is 11.8. The van der Waals surface area contributed by atoms with Crippen molar-refractivity contribution in [1.82, 2.24) is 9.38 Å². The third-order valence-electron chi connectivity index (χ3n) is 3.94. The standard InChI is InChI=1S/C14H15ClN2O/c1-9-6-10(12(18)7-15)14(9)11-8-17-5-3-2-4-13(17)16-11/h2-5,8-10,14H,6-7H2,1H3. The molecule has 18 heavy (non-hydrogen) atoms. The number of imidazole rings is 1. The lowest BCUT2D eigenvalue weighted by atomic mass is 9.63. The molecule has 3 nitrogen and oxygen atoms in total. The second-order valence-corrected chi connectivity index (χ2v) is 5.34. The molecule has 1 aliphatic rings. The van der Waals surface area contributed by atoms with Crippen LogP contribution in [0.1, 0.15) is 25.0 Å². The molecule has 2 aromatic heterocycles. The third kappa shape index (κ3) is 1.74. The van der Waals surface area contributed by atoms with E-state index in [1.165, 1.54) is 0 Å². The van der Waals surface area contributed by atoms with Crippen molar-refractivity contribution < 1.29 is 4.79 Å². The van der Waals surface area contributed by atoms with Gasteiger partial charge in [-0.2, -0.15) is 0 Å². The molecule has 0 aromatic carbocycles. The third-order valence-corrected chi connectivity index (χ3v) is 4.21. The first-order valence-electron chi connectivity index (χ1n) is 6.23. The van der Waals surface area contributed by atoms with Gasteiger partial charge in [-0.1, -0.05) is 13.0 Å². The average Bonchev–Trinajstić information content (AvgIpc) is 2.77. The molecule has 0 spiro atoms. The molecule has 3 atom stereocenters. The summed E-state index contributed by atoms with van der Waals surface area (Å²) in [5, 5.41) is 0. The zero-order chi connectivity index (χ0) is 12.7. The minimum Gasteiger partial charge on any atom is -0.307 e. The zero-order valence-corrected chi connectivity index (χ0v) is 11.0. The number of pyridine rings is 1. The largest absolute Gasteiger partial charge is 0.307 e. The van der Waals surface area contributed by atoms with Gasteiger partial charge >= 0.3 is 0 Å². The molecule has 0 bridgehead atoms. The van der Waals surface area contributed by atoms with Crippen LogP contribution in [0, 0.1) is 11.8 Å². The number of aromatic nitrogens is 2. The number of hydrogen-bond acceptors (Lipinski definition) is 2. The van der Waals surface area contributed by atoms with Gasteiger partial charge in [-0.25, -0.2) is 4.98 Å². The Hall–Kier alpha value is -1.35. The lowest BCUT2D eigenvalue weighted by Crippen LogP contribution is -2.39. The first-order chi connectivity index (χ1) is 8.70. The number of carbonyl (C=O) groups is 1. The summed E-state index contributed by atoms with van der Waals surface area (Å²) in [6.07, 6.45) is 4.95. The molecular formula is C14H15ClN2O. The fourth-order valence-electron chi connectivity index (χ4n) is 2.94. The van der Waals surface area contributed by atoms with Crippen molar-refractivity contribution in [2.24, 2.45) is 11.8 Å². The molecule has 0 N–H and O–H groups in total. The highest BCUT2D eigenvalue weighted by Gasteiger charge is 2.44. The van der Waals surface area contributed by atoms with Gasteiger partial charge in [0, 0.05) is 24.2 Å². The molecule has 3 rings (SSSR count). The minimum absolute atomic E-state index is 0.0578. The molecule has 1 aliphatic carbocycles. The van der Waals surface area contributed by atoms with Crippen LogP contribution in [0.5, 0.6) is 0 Å². The van der Waals surface area contributed by atoms with Crippen LogP contribution in [0.4, 0.5) is 0 Å². The first-order valence-corrected chi connectivity index (χ1v) is 6.76. The van der Waals surface area contributed by atoms with Crippen LogP contribution in [0.15, 0.2) is 30.6 Å². The van der Waals surface area contributed by atoms with Crippen molar-refractivity contribution in [3.8, 4) is 0 Å². The number of ketones is 1. The van der Waals surface area contributed by atoms with Crippen LogP contribution in [0.2, 0.25) is 0 Å². The summed E-state index contributed by atoms with van der Waals surface area (Å²) >= 11 is 5.66. The summed E-state index contributed by atoms with van der Waals surface area (Å²) in [7, 11) is 0. The Bertz CT molecular complexity index is 559. The zero-order valence-electron chi connectivity index (χ0n) is 10.2. The minimum atomic E-state index is 0.0578. The second kappa shape index (κ2) is 4.39. The Morgan fingerprint density at radius 2 is 2.39 bits per heavy atom. The smallest absolute Gasteiger partial charge is 0.151 e. The number of halogens is 1. The quantitative estimate of drug-likeness (QED) is 0.797. The Labute approximate surface area is 111 Å². The second-order valence-electron chi connectivity index (χ2n) is 5.08. The van der Waals surface area contributed by atoms with Crippen molar-refractivity contribution in [1.29, 1.82) is 0 Å². The summed E-state index contributed by atoms with van der Waals surface area (Å²) in [6, 6.07) is 5.92. The summed E-state index contributed by atoms with van der Waals surface area (Å²) in [5.41, 5.74) is 1.95. The van der Waals surface area contributed by atoms with Crippen molar-refractivity contribution in [2.45, 2.75) is 19.3 Å². The molecular weight excluding hydrogens is 248 g/mol. The number of alkyl halides is 1. The van der Waals surface area contributed by atoms with E-state index in [2.05, 4.69) is 11.9 Å². The van der Waals surface area contributed by atoms with E-state index in [0.29, 0.717) is 5.92 Å². The van der Waals surface area contributed by atoms with Gasteiger partial charge in [0.05, 0.1) is 11.6 Å². The van der Waals surface area contributed by atoms with E-state index in [-0.39, 0.29) is 23.5 Å². The van der Waals surface area contributed by atoms with E-state index in [1.54, 1.807) is 0 Å². The Morgan fingerprint density at radius 3 is 3.06 bits per heavy atom. The molecule has 4 heteroatoms. The monoisotopic (exact) mass is 262 g/mol. The molecule has 2 aromatic rings. The SMILES string of the molecule is CC1CC(C(=O)CCl)C1c1cn2ccccc2n1. The van der Waals surface area contributed by atoms with Gasteiger partial charge in [-0.3, -0.25) is 4.79 Å². The molecule has 3 unspecified atom stereocenters. The maximum Gasteiger partial charge on any atom is 0.151 e. The van der Waals surface area contributed by atoms with Crippen molar-refractivity contribution in [3.63, 3.8) is 0 Å². The van der Waals surface area contributed by atoms with E-state index < -0.39 is 0 Å². The fraction of sp³-hybridized carbons (Fsp3) is 0.429. The van der Waals surface area contributed by atoms with Gasteiger partial charge in [0.15, 0.2) is 5.78 Å². The van der Waals surface area contributed by atoms with Crippen molar-refractivity contribution >= 4 is 23.0 Å². The lowest BCUT2D eigenvalue weighted by Gasteiger charge is -2.40. The van der Waals surface area contributed by atoms with E-state index in [4.69, 9.17) is 11.6 Å². The summed E-state index contributed by atoms with van der Waals surface area (Å²) < 4.78 is 2.00. The number of nitrogens with zero attached hydrogens (tertiary/aromatic N) is 2. The van der Waals surface area contributed by atoms with Crippen LogP contribution in [-0.4, -0.2) is 21.0 Å². The number of fused-ring (bicyclic) bond motifs is 1. The van der Waals surface area contributed by atoms with Crippen LogP contribution < -0.4 is 0 Å². The highest BCUT2D eigenvalue weighted by atomic mass is 35.5. The van der Waals surface area contributed by atoms with Gasteiger partial charge in [-0.15, -0.1) is 11.6 Å². The van der Waals surface area contributed by atoms with Crippen molar-refractivity contribution in [3.05, 3.63) is 36.3 Å². The first kappa shape index (κ1) is 11.7. The van der Waals surface area contributed by atoms with Gasteiger partial charge in [0.25, 0.3) is 0 Å². The normalized spacial score (nSPS) is 27.1. The summed E-state index contributed by atoms with van der Waals surface area (Å²) in [5.74, 6) is 1.06. The summed E-state index contributed by atoms with van der Waals surface area (Å²) in [6.45, 7) is 2.17. The van der Waals surface area contributed by atoms with Gasteiger partial charge < -0.3 is 4.40 Å². The Kier molecular flexibility index (Phi) is 2.86. The lowest BCUT2D eigenvalue weighted by molar-refractivity contribution is -0.125. The van der Waals surface area contributed by atoms with E-state index >= 15 is 0 Å². The highest BCUT2D eigenvalue weighted by molar-refractivity contribution is 6.28. The maximum absolute atomic E-state index is 11.8. The van der Waals surface area contributed by atoms with Crippen LogP contribution in [0.25, 0.3) is 5.65 Å². The fourth-order valence-corrected chi connectivity index (χ4v) is 3.14. The topological polar surface area (TPSA) is 34.4 Å². The van der Waals surface area contributed by atoms with E-state index in [9.17, 15) is 4.79 Å². The van der Waals surface area contributed by atoms with E-state index in [0.717, 1.165) is 17.8 Å². The van der Waals surface area contributed by atoms with E-state index in [1.807, 2.05) is 35.0 Å². The molecule has 1 fully saturated rings. The number of hydrogen-bond donors (Lipinski definition) is 0. The molecule has 94 valence electrons. The van der Waals surface area contributed by atoms with Crippen molar-refractivity contribution in [2.75, 3.05) is 5.88 Å². The Morgan fingerprint density at radius 1 is 1.56 bits per heavy atom. The van der Waals surface area contributed by atoms with Gasteiger partial charge in [-0.05, 0) is 24.5 Å². The van der Waals surface area contributed by atoms with Gasteiger partial charge in [0.1, 0.15) is 5.65 Å². The van der Waals surface area contributed by atoms with Crippen LogP contribution >= 0.6 is 11.6 Å². The predicted molar refractivity (Wildman–Crippen MR) is 70.9 cm³/mol. The van der Waals surface area contributed by atoms with Gasteiger partial charge in [0.2, 0.25) is 0 Å². The van der Waals surface area contributed by atoms with Crippen LogP contribution in [0.3, 0.4) is 0 Å². The molecule has 0 amide bonds. The summed E-state index contributed by atoms with van der Waals surface area (Å²) in [4.78, 5) is 16.4. The number of rotatable bonds is 3.